The van der Waals surface area contributed by atoms with Crippen molar-refractivity contribution < 1.29 is 14.6 Å². The van der Waals surface area contributed by atoms with E-state index < -0.39 is 16.6 Å². The maximum atomic E-state index is 11.4. The lowest BCUT2D eigenvalue weighted by Crippen LogP contribution is -2.56. The molecule has 0 bridgehead atoms. The van der Waals surface area contributed by atoms with Crippen LogP contribution in [0.4, 0.5) is 0 Å². The fraction of sp³-hybridized carbons (Fsp3) is 0.727. The Hall–Kier alpha value is -0.740. The maximum absolute atomic E-state index is 11.4. The molecular weight excluding hydrogens is 230 g/mol. The van der Waals surface area contributed by atoms with E-state index in [-0.39, 0.29) is 5.70 Å². The summed E-state index contributed by atoms with van der Waals surface area (Å²) in [5, 5.41) is 10.5. The zero-order chi connectivity index (χ0) is 12.6. The average Bonchev–Trinajstić information content (AvgIpc) is 2.58. The fourth-order valence-electron chi connectivity index (χ4n) is 2.01. The molecule has 1 N–H and O–H groups in total. The van der Waals surface area contributed by atoms with E-state index in [4.69, 9.17) is 11.6 Å². The van der Waals surface area contributed by atoms with Gasteiger partial charge in [0.05, 0.1) is 12.0 Å². The number of methoxy groups -OCH3 is 1. The van der Waals surface area contributed by atoms with Gasteiger partial charge in [0.25, 0.3) is 0 Å². The predicted octanol–water partition coefficient (Wildman–Crippen LogP) is 1.47. The molecule has 1 saturated heterocycles. The second-order valence-corrected chi connectivity index (χ2v) is 5.43. The predicted molar refractivity (Wildman–Crippen MR) is 62.0 cm³/mol. The van der Waals surface area contributed by atoms with Crippen molar-refractivity contribution in [1.29, 1.82) is 0 Å². The Kier molecular flexibility index (Phi) is 3.55. The average molecular weight is 248 g/mol. The summed E-state index contributed by atoms with van der Waals surface area (Å²) in [6, 6.07) is 0. The van der Waals surface area contributed by atoms with Crippen LogP contribution in [0.2, 0.25) is 0 Å². The molecule has 16 heavy (non-hydrogen) atoms. The van der Waals surface area contributed by atoms with Crippen LogP contribution in [0.3, 0.4) is 0 Å². The zero-order valence-corrected chi connectivity index (χ0v) is 10.7. The molecule has 0 aliphatic carbocycles. The van der Waals surface area contributed by atoms with Crippen LogP contribution in [0.5, 0.6) is 0 Å². The minimum absolute atomic E-state index is 0.149. The first-order chi connectivity index (χ1) is 7.24. The minimum Gasteiger partial charge on any atom is -0.464 e. The van der Waals surface area contributed by atoms with Crippen LogP contribution in [-0.2, 0) is 9.53 Å². The molecule has 0 radical (unpaired) electrons. The van der Waals surface area contributed by atoms with Crippen LogP contribution >= 0.6 is 11.6 Å². The lowest BCUT2D eigenvalue weighted by Gasteiger charge is -2.43. The third-order valence-corrected chi connectivity index (χ3v) is 3.36. The van der Waals surface area contributed by atoms with E-state index in [1.807, 2.05) is 0 Å². The van der Waals surface area contributed by atoms with E-state index in [1.165, 1.54) is 12.0 Å². The number of esters is 1. The molecule has 0 aromatic carbocycles. The first kappa shape index (κ1) is 13.3. The van der Waals surface area contributed by atoms with Crippen LogP contribution in [0.1, 0.15) is 26.7 Å². The quantitative estimate of drug-likeness (QED) is 0.466. The number of carbonyl (C=O) groups is 1. The standard InChI is InChI=1S/C11H18ClNO3/c1-8(9(14)16-4)13-7-5-6-11(13,15)10(2,3)12/h15H,1,5-7H2,2-4H3/t11-/m0/s1. The third kappa shape index (κ3) is 2.04. The number of hydrogen-bond acceptors (Lipinski definition) is 4. The normalized spacial score (nSPS) is 25.7. The highest BCUT2D eigenvalue weighted by atomic mass is 35.5. The van der Waals surface area contributed by atoms with Gasteiger partial charge in [0, 0.05) is 6.54 Å². The molecule has 1 fully saturated rings. The van der Waals surface area contributed by atoms with Crippen molar-refractivity contribution in [1.82, 2.24) is 4.90 Å². The van der Waals surface area contributed by atoms with Crippen molar-refractivity contribution in [2.75, 3.05) is 13.7 Å². The second kappa shape index (κ2) is 4.26. The van der Waals surface area contributed by atoms with Crippen molar-refractivity contribution >= 4 is 17.6 Å². The van der Waals surface area contributed by atoms with Crippen LogP contribution in [0.15, 0.2) is 12.3 Å². The van der Waals surface area contributed by atoms with Gasteiger partial charge in [-0.25, -0.2) is 4.79 Å². The van der Waals surface area contributed by atoms with Gasteiger partial charge in [-0.15, -0.1) is 11.6 Å². The summed E-state index contributed by atoms with van der Waals surface area (Å²) in [5.41, 5.74) is -1.10. The fourth-order valence-corrected chi connectivity index (χ4v) is 2.20. The lowest BCUT2D eigenvalue weighted by atomic mass is 9.95. The zero-order valence-electron chi connectivity index (χ0n) is 9.92. The number of alkyl halides is 1. The van der Waals surface area contributed by atoms with E-state index in [9.17, 15) is 9.90 Å². The largest absolute Gasteiger partial charge is 0.464 e. The molecule has 0 amide bonds. The highest BCUT2D eigenvalue weighted by Crippen LogP contribution is 2.41. The molecule has 0 saturated carbocycles. The highest BCUT2D eigenvalue weighted by Gasteiger charge is 2.51. The summed E-state index contributed by atoms with van der Waals surface area (Å²) < 4.78 is 4.60. The number of carbonyl (C=O) groups excluding carboxylic acids is 1. The van der Waals surface area contributed by atoms with E-state index in [1.54, 1.807) is 13.8 Å². The van der Waals surface area contributed by atoms with Crippen molar-refractivity contribution in [3.63, 3.8) is 0 Å². The summed E-state index contributed by atoms with van der Waals surface area (Å²) in [5.74, 6) is -0.541. The summed E-state index contributed by atoms with van der Waals surface area (Å²) in [6.45, 7) is 7.64. The molecule has 1 atom stereocenters. The van der Waals surface area contributed by atoms with Crippen LogP contribution in [0.25, 0.3) is 0 Å². The molecule has 92 valence electrons. The summed E-state index contributed by atoms with van der Waals surface area (Å²) in [4.78, 5) is 12.1. The number of aliphatic hydroxyl groups is 1. The minimum atomic E-state index is -1.25. The Labute approximate surface area is 101 Å². The van der Waals surface area contributed by atoms with Crippen LogP contribution in [0, 0.1) is 0 Å². The highest BCUT2D eigenvalue weighted by molar-refractivity contribution is 6.24. The molecule has 0 unspecified atom stereocenters. The molecule has 0 aromatic heterocycles. The third-order valence-electron chi connectivity index (χ3n) is 3.05. The van der Waals surface area contributed by atoms with E-state index in [0.29, 0.717) is 13.0 Å². The molecule has 1 aliphatic heterocycles. The van der Waals surface area contributed by atoms with Gasteiger partial charge < -0.3 is 14.7 Å². The summed E-state index contributed by atoms with van der Waals surface area (Å²) in [6.07, 6.45) is 1.28. The molecular formula is C11H18ClNO3. The van der Waals surface area contributed by atoms with Gasteiger partial charge in [0.2, 0.25) is 0 Å². The van der Waals surface area contributed by atoms with E-state index >= 15 is 0 Å². The van der Waals surface area contributed by atoms with Gasteiger partial charge in [-0.2, -0.15) is 0 Å². The second-order valence-electron chi connectivity index (χ2n) is 4.48. The number of likely N-dealkylation sites (tertiary alicyclic amines) is 1. The number of rotatable bonds is 3. The number of halogens is 1. The van der Waals surface area contributed by atoms with Crippen LogP contribution in [-0.4, -0.2) is 40.2 Å². The smallest absolute Gasteiger partial charge is 0.353 e. The van der Waals surface area contributed by atoms with Crippen molar-refractivity contribution in [2.24, 2.45) is 0 Å². The van der Waals surface area contributed by atoms with E-state index in [2.05, 4.69) is 11.3 Å². The number of nitrogens with zero attached hydrogens (tertiary/aromatic N) is 1. The van der Waals surface area contributed by atoms with E-state index in [0.717, 1.165) is 6.42 Å². The molecule has 1 aliphatic rings. The van der Waals surface area contributed by atoms with Crippen molar-refractivity contribution in [3.8, 4) is 0 Å². The number of ether oxygens (including phenoxy) is 1. The topological polar surface area (TPSA) is 49.8 Å². The Morgan fingerprint density at radius 2 is 2.19 bits per heavy atom. The van der Waals surface area contributed by atoms with Gasteiger partial charge in [0.15, 0.2) is 5.72 Å². The molecule has 1 rings (SSSR count). The van der Waals surface area contributed by atoms with Gasteiger partial charge >= 0.3 is 5.97 Å². The van der Waals surface area contributed by atoms with Crippen LogP contribution < -0.4 is 0 Å². The first-order valence-electron chi connectivity index (χ1n) is 5.20. The molecule has 4 nitrogen and oxygen atoms in total. The summed E-state index contributed by atoms with van der Waals surface area (Å²) in [7, 11) is 1.29. The Morgan fingerprint density at radius 3 is 2.62 bits per heavy atom. The molecule has 0 spiro atoms. The monoisotopic (exact) mass is 247 g/mol. The Balaban J connectivity index is 2.97. The van der Waals surface area contributed by atoms with Crippen molar-refractivity contribution in [2.45, 2.75) is 37.3 Å². The number of hydrogen-bond donors (Lipinski definition) is 1. The van der Waals surface area contributed by atoms with Gasteiger partial charge in [-0.3, -0.25) is 0 Å². The SMILES string of the molecule is C=C(C(=O)OC)N1CCC[C@]1(O)C(C)(C)Cl. The molecule has 0 aromatic rings. The van der Waals surface area contributed by atoms with Gasteiger partial charge in [-0.05, 0) is 26.7 Å². The molecule has 5 heteroatoms. The Morgan fingerprint density at radius 1 is 1.62 bits per heavy atom. The van der Waals surface area contributed by atoms with Gasteiger partial charge in [0.1, 0.15) is 5.70 Å². The van der Waals surface area contributed by atoms with Crippen molar-refractivity contribution in [3.05, 3.63) is 12.3 Å². The van der Waals surface area contributed by atoms with Gasteiger partial charge in [-0.1, -0.05) is 6.58 Å². The first-order valence-corrected chi connectivity index (χ1v) is 5.58. The lowest BCUT2D eigenvalue weighted by molar-refractivity contribution is -0.144. The molecule has 1 heterocycles. The summed E-state index contributed by atoms with van der Waals surface area (Å²) >= 11 is 6.18. The Bertz CT molecular complexity index is 311. The maximum Gasteiger partial charge on any atom is 0.353 e.